The third-order valence-electron chi connectivity index (χ3n) is 4.96. The standard InChI is InChI=1S/C23H25N3O3/c1-22(2,3)16-11-8-15(9-12-16)10-13-19(27)24-18-7-5-6-17(14-18)23(4)20(28)25-21(29)26-23/h5-14H,1-4H3,(H,24,27)(H2,25,26,28,29)/b13-10+. The Hall–Kier alpha value is -3.41. The van der Waals surface area contributed by atoms with E-state index in [-0.39, 0.29) is 11.3 Å². The fourth-order valence-electron chi connectivity index (χ4n) is 3.10. The maximum absolute atomic E-state index is 12.3. The van der Waals surface area contributed by atoms with E-state index in [1.807, 2.05) is 12.1 Å². The molecule has 0 aromatic heterocycles. The van der Waals surface area contributed by atoms with Crippen LogP contribution in [0.1, 0.15) is 44.4 Å². The van der Waals surface area contributed by atoms with Gasteiger partial charge in [-0.15, -0.1) is 0 Å². The third kappa shape index (κ3) is 4.54. The fraction of sp³-hybridized carbons (Fsp3) is 0.261. The minimum Gasteiger partial charge on any atom is -0.323 e. The highest BCUT2D eigenvalue weighted by Crippen LogP contribution is 2.26. The van der Waals surface area contributed by atoms with Crippen LogP contribution >= 0.6 is 0 Å². The van der Waals surface area contributed by atoms with Gasteiger partial charge in [-0.25, -0.2) is 4.79 Å². The zero-order valence-electron chi connectivity index (χ0n) is 17.0. The zero-order chi connectivity index (χ0) is 21.2. The van der Waals surface area contributed by atoms with E-state index in [1.165, 1.54) is 11.6 Å². The van der Waals surface area contributed by atoms with Crippen LogP contribution in [0.25, 0.3) is 6.08 Å². The van der Waals surface area contributed by atoms with Crippen LogP contribution in [0.3, 0.4) is 0 Å². The Balaban J connectivity index is 1.69. The summed E-state index contributed by atoms with van der Waals surface area (Å²) in [6, 6.07) is 14.4. The summed E-state index contributed by atoms with van der Waals surface area (Å²) in [6.07, 6.45) is 3.21. The number of carbonyl (C=O) groups excluding carboxylic acids is 3. The van der Waals surface area contributed by atoms with Crippen molar-refractivity contribution in [1.29, 1.82) is 0 Å². The van der Waals surface area contributed by atoms with Crippen LogP contribution in [0.15, 0.2) is 54.6 Å². The van der Waals surface area contributed by atoms with Gasteiger partial charge in [0.25, 0.3) is 5.91 Å². The van der Waals surface area contributed by atoms with E-state index in [1.54, 1.807) is 37.3 Å². The molecule has 1 saturated heterocycles. The van der Waals surface area contributed by atoms with Crippen molar-refractivity contribution in [2.24, 2.45) is 0 Å². The summed E-state index contributed by atoms with van der Waals surface area (Å²) in [5.41, 5.74) is 2.20. The lowest BCUT2D eigenvalue weighted by molar-refractivity contribution is -0.123. The second-order valence-corrected chi connectivity index (χ2v) is 8.31. The third-order valence-corrected chi connectivity index (χ3v) is 4.96. The maximum Gasteiger partial charge on any atom is 0.322 e. The SMILES string of the molecule is CC(C)(C)c1ccc(/C=C/C(=O)Nc2cccc(C3(C)NC(=O)NC3=O)c2)cc1. The predicted molar refractivity (Wildman–Crippen MR) is 113 cm³/mol. The highest BCUT2D eigenvalue weighted by Gasteiger charge is 2.43. The molecule has 0 aliphatic carbocycles. The molecule has 0 spiro atoms. The summed E-state index contributed by atoms with van der Waals surface area (Å²) in [6.45, 7) is 8.08. The number of hydrogen-bond donors (Lipinski definition) is 3. The average Bonchev–Trinajstić information content (AvgIpc) is 2.93. The summed E-state index contributed by atoms with van der Waals surface area (Å²) in [7, 11) is 0. The van der Waals surface area contributed by atoms with E-state index in [2.05, 4.69) is 48.9 Å². The van der Waals surface area contributed by atoms with Gasteiger partial charge in [-0.1, -0.05) is 57.2 Å². The first kappa shape index (κ1) is 20.3. The van der Waals surface area contributed by atoms with E-state index in [4.69, 9.17) is 0 Å². The lowest BCUT2D eigenvalue weighted by atomic mass is 9.87. The Morgan fingerprint density at radius 3 is 2.34 bits per heavy atom. The van der Waals surface area contributed by atoms with Gasteiger partial charge in [0.05, 0.1) is 0 Å². The van der Waals surface area contributed by atoms with Crippen LogP contribution in [0.2, 0.25) is 0 Å². The van der Waals surface area contributed by atoms with Gasteiger partial charge in [0.15, 0.2) is 0 Å². The molecule has 1 atom stereocenters. The molecule has 0 bridgehead atoms. The minimum absolute atomic E-state index is 0.0803. The lowest BCUT2D eigenvalue weighted by Crippen LogP contribution is -2.40. The summed E-state index contributed by atoms with van der Waals surface area (Å²) in [5, 5.41) is 7.63. The van der Waals surface area contributed by atoms with Gasteiger partial charge >= 0.3 is 6.03 Å². The van der Waals surface area contributed by atoms with E-state index in [9.17, 15) is 14.4 Å². The number of rotatable bonds is 4. The van der Waals surface area contributed by atoms with Crippen LogP contribution < -0.4 is 16.0 Å². The first-order valence-corrected chi connectivity index (χ1v) is 9.42. The van der Waals surface area contributed by atoms with Crippen molar-refractivity contribution in [2.45, 2.75) is 38.6 Å². The van der Waals surface area contributed by atoms with Gasteiger partial charge in [0.2, 0.25) is 5.91 Å². The summed E-state index contributed by atoms with van der Waals surface area (Å²) >= 11 is 0. The highest BCUT2D eigenvalue weighted by molar-refractivity contribution is 6.07. The zero-order valence-corrected chi connectivity index (χ0v) is 17.0. The molecular weight excluding hydrogens is 366 g/mol. The molecule has 3 N–H and O–H groups in total. The predicted octanol–water partition coefficient (Wildman–Crippen LogP) is 3.69. The van der Waals surface area contributed by atoms with Crippen molar-refractivity contribution in [3.63, 3.8) is 0 Å². The van der Waals surface area contributed by atoms with Crippen molar-refractivity contribution in [3.8, 4) is 0 Å². The molecule has 0 radical (unpaired) electrons. The second-order valence-electron chi connectivity index (χ2n) is 8.31. The van der Waals surface area contributed by atoms with Gasteiger partial charge in [-0.05, 0) is 47.2 Å². The molecule has 6 nitrogen and oxygen atoms in total. The second kappa shape index (κ2) is 7.54. The summed E-state index contributed by atoms with van der Waals surface area (Å²) in [5.74, 6) is -0.711. The Kier molecular flexibility index (Phi) is 5.29. The molecule has 1 heterocycles. The van der Waals surface area contributed by atoms with Gasteiger partial charge in [-0.3, -0.25) is 14.9 Å². The molecule has 6 heteroatoms. The fourth-order valence-corrected chi connectivity index (χ4v) is 3.10. The number of nitrogens with one attached hydrogen (secondary N) is 3. The molecule has 1 aliphatic rings. The first-order valence-electron chi connectivity index (χ1n) is 9.42. The molecule has 2 aromatic rings. The van der Waals surface area contributed by atoms with Crippen molar-refractivity contribution in [2.75, 3.05) is 5.32 Å². The molecule has 1 aliphatic heterocycles. The minimum atomic E-state index is -1.16. The summed E-state index contributed by atoms with van der Waals surface area (Å²) < 4.78 is 0. The Morgan fingerprint density at radius 1 is 1.07 bits per heavy atom. The monoisotopic (exact) mass is 391 g/mol. The quantitative estimate of drug-likeness (QED) is 0.549. The molecule has 29 heavy (non-hydrogen) atoms. The average molecular weight is 391 g/mol. The largest absolute Gasteiger partial charge is 0.323 e. The molecule has 1 unspecified atom stereocenters. The number of amides is 4. The number of carbonyl (C=O) groups is 3. The molecular formula is C23H25N3O3. The lowest BCUT2D eigenvalue weighted by Gasteiger charge is -2.21. The number of benzene rings is 2. The maximum atomic E-state index is 12.3. The summed E-state index contributed by atoms with van der Waals surface area (Å²) in [4.78, 5) is 35.9. The number of hydrogen-bond acceptors (Lipinski definition) is 3. The number of urea groups is 1. The van der Waals surface area contributed by atoms with Crippen molar-refractivity contribution < 1.29 is 14.4 Å². The van der Waals surface area contributed by atoms with Gasteiger partial charge in [-0.2, -0.15) is 0 Å². The van der Waals surface area contributed by atoms with Crippen LogP contribution in [0, 0.1) is 0 Å². The van der Waals surface area contributed by atoms with Gasteiger partial charge < -0.3 is 10.6 Å². The van der Waals surface area contributed by atoms with E-state index < -0.39 is 17.5 Å². The Morgan fingerprint density at radius 2 is 1.76 bits per heavy atom. The van der Waals surface area contributed by atoms with Gasteiger partial charge in [0, 0.05) is 11.8 Å². The molecule has 150 valence electrons. The number of imide groups is 1. The molecule has 1 fully saturated rings. The van der Waals surface area contributed by atoms with Crippen LogP contribution in [0.5, 0.6) is 0 Å². The van der Waals surface area contributed by atoms with Crippen LogP contribution in [-0.4, -0.2) is 17.8 Å². The Bertz CT molecular complexity index is 987. The Labute approximate surface area is 170 Å². The molecule has 4 amide bonds. The van der Waals surface area contributed by atoms with E-state index in [0.29, 0.717) is 11.3 Å². The molecule has 3 rings (SSSR count). The van der Waals surface area contributed by atoms with E-state index >= 15 is 0 Å². The highest BCUT2D eigenvalue weighted by atomic mass is 16.2. The van der Waals surface area contributed by atoms with Gasteiger partial charge in [0.1, 0.15) is 5.54 Å². The first-order chi connectivity index (χ1) is 13.6. The van der Waals surface area contributed by atoms with Crippen LogP contribution in [0.4, 0.5) is 10.5 Å². The van der Waals surface area contributed by atoms with E-state index in [0.717, 1.165) is 5.56 Å². The van der Waals surface area contributed by atoms with Crippen molar-refractivity contribution >= 4 is 29.6 Å². The van der Waals surface area contributed by atoms with Crippen LogP contribution in [-0.2, 0) is 20.5 Å². The molecule has 2 aromatic carbocycles. The van der Waals surface area contributed by atoms with Crippen molar-refractivity contribution in [1.82, 2.24) is 10.6 Å². The topological polar surface area (TPSA) is 87.3 Å². The molecule has 0 saturated carbocycles. The smallest absolute Gasteiger partial charge is 0.322 e. The number of anilines is 1. The van der Waals surface area contributed by atoms with Crippen molar-refractivity contribution in [3.05, 3.63) is 71.3 Å². The normalized spacial score (nSPS) is 19.2.